The monoisotopic (exact) mass is 480 g/mol. The van der Waals surface area contributed by atoms with Crippen LogP contribution in [0.2, 0.25) is 0 Å². The van der Waals surface area contributed by atoms with Crippen molar-refractivity contribution < 1.29 is 9.47 Å². The number of nitrogens with one attached hydrogen (secondary N) is 1. The minimum Gasteiger partial charge on any atom is -0.457 e. The molecule has 2 saturated heterocycles. The summed E-state index contributed by atoms with van der Waals surface area (Å²) < 4.78 is 13.9. The molecular formula is C26H24N8O2. The van der Waals surface area contributed by atoms with Crippen LogP contribution in [0, 0.1) is 6.92 Å². The van der Waals surface area contributed by atoms with Crippen LogP contribution in [0.4, 0.5) is 17.5 Å². The summed E-state index contributed by atoms with van der Waals surface area (Å²) in [5.74, 6) is 2.86. The molecule has 0 unspecified atom stereocenters. The van der Waals surface area contributed by atoms with Crippen molar-refractivity contribution in [2.75, 3.05) is 23.4 Å². The highest BCUT2D eigenvalue weighted by atomic mass is 16.5. The Hall–Kier alpha value is -4.31. The number of morpholine rings is 1. The standard InChI is InChI=1S/C26H24N8O2/c1-15-7-16(3-6-23(15)36-18-4-5-22-20(9-18)30-14-33(22)2)31-25-24-21(28-13-29-25)10-27-26(32-24)34-11-19-8-17(34)12-35-19/h3-7,9-10,13-14,17,19H,8,11-12H2,1-2H3,(H,28,29,31)/t17-,19-/m0/s1. The molecule has 3 aromatic heterocycles. The van der Waals surface area contributed by atoms with Crippen LogP contribution in [0.3, 0.4) is 0 Å². The number of fused-ring (bicyclic) bond motifs is 4. The molecular weight excluding hydrogens is 456 g/mol. The SMILES string of the molecule is Cc1cc(Nc2ncnc3cnc(N4C[C@@H]5C[C@H]4CO5)nc23)ccc1Oc1ccc2c(c1)ncn2C. The first-order valence-corrected chi connectivity index (χ1v) is 11.9. The van der Waals surface area contributed by atoms with E-state index in [1.165, 1.54) is 6.33 Å². The average Bonchev–Trinajstić information content (AvgIpc) is 3.62. The van der Waals surface area contributed by atoms with E-state index in [1.54, 1.807) is 12.5 Å². The van der Waals surface area contributed by atoms with E-state index in [1.807, 2.05) is 54.9 Å². The zero-order chi connectivity index (χ0) is 24.2. The Balaban J connectivity index is 1.15. The van der Waals surface area contributed by atoms with Crippen molar-refractivity contribution in [3.05, 3.63) is 60.8 Å². The minimum atomic E-state index is 0.272. The lowest BCUT2D eigenvalue weighted by atomic mass is 10.2. The number of aromatic nitrogens is 6. The second-order valence-electron chi connectivity index (χ2n) is 9.34. The van der Waals surface area contributed by atoms with Crippen molar-refractivity contribution in [3.8, 4) is 11.5 Å². The van der Waals surface area contributed by atoms with Gasteiger partial charge in [-0.3, -0.25) is 0 Å². The van der Waals surface area contributed by atoms with E-state index < -0.39 is 0 Å². The maximum Gasteiger partial charge on any atom is 0.226 e. The number of hydrogen-bond donors (Lipinski definition) is 1. The molecule has 2 bridgehead atoms. The van der Waals surface area contributed by atoms with E-state index in [0.717, 1.165) is 53.4 Å². The van der Waals surface area contributed by atoms with Crippen molar-refractivity contribution in [2.24, 2.45) is 7.05 Å². The van der Waals surface area contributed by atoms with Gasteiger partial charge in [0.1, 0.15) is 28.9 Å². The van der Waals surface area contributed by atoms with Gasteiger partial charge in [0.15, 0.2) is 5.82 Å². The fourth-order valence-corrected chi connectivity index (χ4v) is 5.00. The Morgan fingerprint density at radius 3 is 2.83 bits per heavy atom. The maximum absolute atomic E-state index is 6.16. The lowest BCUT2D eigenvalue weighted by molar-refractivity contribution is 0.0986. The highest BCUT2D eigenvalue weighted by Crippen LogP contribution is 2.33. The quantitative estimate of drug-likeness (QED) is 0.398. The van der Waals surface area contributed by atoms with Gasteiger partial charge in [-0.25, -0.2) is 24.9 Å². The first-order chi connectivity index (χ1) is 17.6. The van der Waals surface area contributed by atoms with E-state index in [9.17, 15) is 0 Å². The Morgan fingerprint density at radius 1 is 1.06 bits per heavy atom. The molecule has 2 aromatic carbocycles. The van der Waals surface area contributed by atoms with Gasteiger partial charge < -0.3 is 24.3 Å². The van der Waals surface area contributed by atoms with Crippen LogP contribution in [0.5, 0.6) is 11.5 Å². The van der Waals surface area contributed by atoms with Crippen LogP contribution in [0.25, 0.3) is 22.1 Å². The van der Waals surface area contributed by atoms with Gasteiger partial charge in [0.25, 0.3) is 0 Å². The molecule has 2 aliphatic heterocycles. The van der Waals surface area contributed by atoms with Crippen molar-refractivity contribution >= 4 is 39.5 Å². The predicted molar refractivity (Wildman–Crippen MR) is 136 cm³/mol. The summed E-state index contributed by atoms with van der Waals surface area (Å²) in [4.78, 5) is 24.9. The molecule has 7 rings (SSSR count). The van der Waals surface area contributed by atoms with E-state index in [4.69, 9.17) is 14.5 Å². The van der Waals surface area contributed by atoms with E-state index in [0.29, 0.717) is 28.8 Å². The number of rotatable bonds is 5. The Kier molecular flexibility index (Phi) is 4.74. The Morgan fingerprint density at radius 2 is 2.00 bits per heavy atom. The van der Waals surface area contributed by atoms with Gasteiger partial charge in [0.05, 0.1) is 42.3 Å². The lowest BCUT2D eigenvalue weighted by Crippen LogP contribution is -2.38. The third-order valence-electron chi connectivity index (χ3n) is 6.88. The molecule has 10 heteroatoms. The lowest BCUT2D eigenvalue weighted by Gasteiger charge is -2.26. The van der Waals surface area contributed by atoms with Crippen molar-refractivity contribution in [3.63, 3.8) is 0 Å². The van der Waals surface area contributed by atoms with Gasteiger partial charge in [0, 0.05) is 25.3 Å². The van der Waals surface area contributed by atoms with Crippen molar-refractivity contribution in [2.45, 2.75) is 25.5 Å². The summed E-state index contributed by atoms with van der Waals surface area (Å²) in [6.07, 6.45) is 6.39. The molecule has 180 valence electrons. The molecule has 0 amide bonds. The Bertz CT molecular complexity index is 1620. The highest BCUT2D eigenvalue weighted by Gasteiger charge is 2.40. The number of hydrogen-bond acceptors (Lipinski definition) is 9. The van der Waals surface area contributed by atoms with Crippen molar-refractivity contribution in [1.82, 2.24) is 29.5 Å². The topological polar surface area (TPSA) is 103 Å². The minimum absolute atomic E-state index is 0.272. The number of anilines is 3. The van der Waals surface area contributed by atoms with Crippen LogP contribution >= 0.6 is 0 Å². The van der Waals surface area contributed by atoms with E-state index >= 15 is 0 Å². The van der Waals surface area contributed by atoms with Crippen LogP contribution in [-0.4, -0.2) is 54.8 Å². The molecule has 0 radical (unpaired) electrons. The predicted octanol–water partition coefficient (Wildman–Crippen LogP) is 4.13. The summed E-state index contributed by atoms with van der Waals surface area (Å²) in [5, 5.41) is 3.40. The highest BCUT2D eigenvalue weighted by molar-refractivity contribution is 5.87. The normalized spacial score (nSPS) is 18.9. The molecule has 0 saturated carbocycles. The van der Waals surface area contributed by atoms with Crippen LogP contribution in [0.15, 0.2) is 55.2 Å². The van der Waals surface area contributed by atoms with Crippen LogP contribution in [-0.2, 0) is 11.8 Å². The smallest absolute Gasteiger partial charge is 0.226 e. The molecule has 5 aromatic rings. The van der Waals surface area contributed by atoms with E-state index in [2.05, 4.69) is 30.2 Å². The Labute approximate surface area is 207 Å². The zero-order valence-electron chi connectivity index (χ0n) is 19.9. The van der Waals surface area contributed by atoms with Gasteiger partial charge in [-0.1, -0.05) is 0 Å². The zero-order valence-corrected chi connectivity index (χ0v) is 19.9. The summed E-state index contributed by atoms with van der Waals surface area (Å²) in [5.41, 5.74) is 5.22. The van der Waals surface area contributed by atoms with Gasteiger partial charge in [-0.05, 0) is 49.2 Å². The summed E-state index contributed by atoms with van der Waals surface area (Å²) in [6.45, 7) is 3.56. The fourth-order valence-electron chi connectivity index (χ4n) is 5.00. The third-order valence-corrected chi connectivity index (χ3v) is 6.88. The molecule has 0 aliphatic carbocycles. The largest absolute Gasteiger partial charge is 0.457 e. The van der Waals surface area contributed by atoms with Crippen molar-refractivity contribution in [1.29, 1.82) is 0 Å². The molecule has 2 aliphatic rings. The van der Waals surface area contributed by atoms with Gasteiger partial charge in [-0.15, -0.1) is 0 Å². The average molecular weight is 481 g/mol. The number of imidazole rings is 1. The molecule has 2 fully saturated rings. The van der Waals surface area contributed by atoms with E-state index in [-0.39, 0.29) is 6.10 Å². The molecule has 10 nitrogen and oxygen atoms in total. The van der Waals surface area contributed by atoms with Gasteiger partial charge in [0.2, 0.25) is 5.95 Å². The molecule has 5 heterocycles. The first kappa shape index (κ1) is 21.0. The molecule has 2 atom stereocenters. The van der Waals surface area contributed by atoms with Gasteiger partial charge >= 0.3 is 0 Å². The number of ether oxygens (including phenoxy) is 2. The second-order valence-corrected chi connectivity index (χ2v) is 9.34. The molecule has 1 N–H and O–H groups in total. The maximum atomic E-state index is 6.16. The first-order valence-electron chi connectivity index (χ1n) is 11.9. The summed E-state index contributed by atoms with van der Waals surface area (Å²) >= 11 is 0. The third kappa shape index (κ3) is 3.57. The fraction of sp³-hybridized carbons (Fsp3) is 0.269. The van der Waals surface area contributed by atoms with Crippen LogP contribution in [0.1, 0.15) is 12.0 Å². The number of aryl methyl sites for hydroxylation is 2. The van der Waals surface area contributed by atoms with Gasteiger partial charge in [-0.2, -0.15) is 0 Å². The van der Waals surface area contributed by atoms with Crippen LogP contribution < -0.4 is 15.0 Å². The number of nitrogens with zero attached hydrogens (tertiary/aromatic N) is 7. The number of benzene rings is 2. The summed E-state index contributed by atoms with van der Waals surface area (Å²) in [6, 6.07) is 12.2. The molecule has 36 heavy (non-hydrogen) atoms. The molecule has 0 spiro atoms. The second kappa shape index (κ2) is 8.13. The summed E-state index contributed by atoms with van der Waals surface area (Å²) in [7, 11) is 1.98.